The zero-order valence-electron chi connectivity index (χ0n) is 11.2. The summed E-state index contributed by atoms with van der Waals surface area (Å²) >= 11 is 0. The fourth-order valence-corrected chi connectivity index (χ4v) is 5.61. The highest BCUT2D eigenvalue weighted by Gasteiger charge is 2.62. The van der Waals surface area contributed by atoms with Crippen molar-refractivity contribution in [2.24, 2.45) is 5.92 Å². The minimum Gasteiger partial charge on any atom is -0.459 e. The van der Waals surface area contributed by atoms with Gasteiger partial charge >= 0.3 is 0 Å². The first-order valence-corrected chi connectivity index (χ1v) is 8.19. The standard InChI is InChI=1S/C13H17NO5S/c1-18-7-10-4-6-20(16,17)13(10)8-14(9-13)12(15)11-3-2-5-19-11/h2-3,5,10H,4,6-9H2,1H3. The Morgan fingerprint density at radius 3 is 2.90 bits per heavy atom. The van der Waals surface area contributed by atoms with Gasteiger partial charge in [0.15, 0.2) is 15.6 Å². The molecule has 0 saturated carbocycles. The second kappa shape index (κ2) is 4.60. The smallest absolute Gasteiger partial charge is 0.289 e. The number of carbonyl (C=O) groups is 1. The first-order chi connectivity index (χ1) is 9.50. The summed E-state index contributed by atoms with van der Waals surface area (Å²) in [7, 11) is -1.59. The number of sulfone groups is 1. The van der Waals surface area contributed by atoms with Gasteiger partial charge in [-0.25, -0.2) is 8.42 Å². The van der Waals surface area contributed by atoms with Crippen molar-refractivity contribution < 1.29 is 22.4 Å². The minimum absolute atomic E-state index is 0.0295. The van der Waals surface area contributed by atoms with E-state index in [1.165, 1.54) is 11.2 Å². The first kappa shape index (κ1) is 13.6. The van der Waals surface area contributed by atoms with E-state index in [1.54, 1.807) is 19.2 Å². The van der Waals surface area contributed by atoms with E-state index in [0.717, 1.165) is 0 Å². The van der Waals surface area contributed by atoms with E-state index in [2.05, 4.69) is 0 Å². The molecule has 0 N–H and O–H groups in total. The van der Waals surface area contributed by atoms with Crippen molar-refractivity contribution >= 4 is 15.7 Å². The molecule has 3 heterocycles. The van der Waals surface area contributed by atoms with Crippen molar-refractivity contribution in [2.45, 2.75) is 11.2 Å². The van der Waals surface area contributed by atoms with E-state index >= 15 is 0 Å². The molecule has 110 valence electrons. The van der Waals surface area contributed by atoms with Crippen molar-refractivity contribution in [3.63, 3.8) is 0 Å². The Labute approximate surface area is 117 Å². The summed E-state index contributed by atoms with van der Waals surface area (Å²) in [6.45, 7) is 0.897. The van der Waals surface area contributed by atoms with Crippen LogP contribution in [-0.4, -0.2) is 56.5 Å². The molecule has 0 aromatic carbocycles. The highest BCUT2D eigenvalue weighted by Crippen LogP contribution is 2.45. The normalized spacial score (nSPS) is 26.6. The van der Waals surface area contributed by atoms with Gasteiger partial charge in [0.25, 0.3) is 5.91 Å². The lowest BCUT2D eigenvalue weighted by atomic mass is 9.83. The van der Waals surface area contributed by atoms with E-state index in [0.29, 0.717) is 13.0 Å². The van der Waals surface area contributed by atoms with Crippen LogP contribution in [-0.2, 0) is 14.6 Å². The van der Waals surface area contributed by atoms with Crippen LogP contribution in [0.5, 0.6) is 0 Å². The second-order valence-corrected chi connectivity index (χ2v) is 7.91. The summed E-state index contributed by atoms with van der Waals surface area (Å²) in [6.07, 6.45) is 2.04. The number of carbonyl (C=O) groups excluding carboxylic acids is 1. The van der Waals surface area contributed by atoms with Crippen LogP contribution in [0.3, 0.4) is 0 Å². The average Bonchev–Trinajstić information content (AvgIpc) is 2.94. The first-order valence-electron chi connectivity index (χ1n) is 6.54. The van der Waals surface area contributed by atoms with Crippen molar-refractivity contribution in [1.82, 2.24) is 4.90 Å². The molecule has 7 heteroatoms. The SMILES string of the molecule is COCC1CCS(=O)(=O)C12CN(C(=O)c1ccco1)C2. The Bertz CT molecular complexity index is 601. The summed E-state index contributed by atoms with van der Waals surface area (Å²) in [5.74, 6) is 0.152. The molecule has 1 atom stereocenters. The maximum absolute atomic E-state index is 12.3. The molecule has 0 bridgehead atoms. The van der Waals surface area contributed by atoms with Crippen molar-refractivity contribution in [3.8, 4) is 0 Å². The van der Waals surface area contributed by atoms with E-state index in [4.69, 9.17) is 9.15 Å². The molecule has 1 unspecified atom stereocenters. The van der Waals surface area contributed by atoms with Gasteiger partial charge in [-0.3, -0.25) is 4.79 Å². The number of furan rings is 1. The van der Waals surface area contributed by atoms with Gasteiger partial charge in [0.2, 0.25) is 0 Å². The molecular weight excluding hydrogens is 282 g/mol. The lowest BCUT2D eigenvalue weighted by Crippen LogP contribution is -2.68. The van der Waals surface area contributed by atoms with Gasteiger partial charge in [0, 0.05) is 26.1 Å². The molecular formula is C13H17NO5S. The third-order valence-corrected chi connectivity index (χ3v) is 7.01. The predicted molar refractivity (Wildman–Crippen MR) is 71.1 cm³/mol. The quantitative estimate of drug-likeness (QED) is 0.815. The second-order valence-electron chi connectivity index (χ2n) is 5.46. The lowest BCUT2D eigenvalue weighted by Gasteiger charge is -2.49. The molecule has 0 aliphatic carbocycles. The van der Waals surface area contributed by atoms with Crippen LogP contribution in [0.2, 0.25) is 0 Å². The third-order valence-electron chi connectivity index (χ3n) is 4.40. The Hall–Kier alpha value is -1.34. The lowest BCUT2D eigenvalue weighted by molar-refractivity contribution is 0.0312. The van der Waals surface area contributed by atoms with E-state index in [9.17, 15) is 13.2 Å². The van der Waals surface area contributed by atoms with Gasteiger partial charge in [-0.15, -0.1) is 0 Å². The van der Waals surface area contributed by atoms with Gasteiger partial charge in [-0.1, -0.05) is 0 Å². The predicted octanol–water partition coefficient (Wildman–Crippen LogP) is 0.555. The fraction of sp³-hybridized carbons (Fsp3) is 0.615. The molecule has 1 aromatic heterocycles. The fourth-order valence-electron chi connectivity index (χ4n) is 3.21. The van der Waals surface area contributed by atoms with E-state index in [-0.39, 0.29) is 36.4 Å². The Morgan fingerprint density at radius 2 is 2.30 bits per heavy atom. The molecule has 2 saturated heterocycles. The van der Waals surface area contributed by atoms with E-state index < -0.39 is 14.6 Å². The van der Waals surface area contributed by atoms with Crippen molar-refractivity contribution in [2.75, 3.05) is 32.6 Å². The topological polar surface area (TPSA) is 76.8 Å². The Kier molecular flexibility index (Phi) is 3.13. The van der Waals surface area contributed by atoms with Crippen LogP contribution < -0.4 is 0 Å². The summed E-state index contributed by atoms with van der Waals surface area (Å²) in [6, 6.07) is 3.23. The number of nitrogens with zero attached hydrogens (tertiary/aromatic N) is 1. The highest BCUT2D eigenvalue weighted by atomic mass is 32.2. The number of hydrogen-bond donors (Lipinski definition) is 0. The zero-order chi connectivity index (χ0) is 14.4. The minimum atomic E-state index is -3.16. The largest absolute Gasteiger partial charge is 0.459 e. The van der Waals surface area contributed by atoms with Crippen molar-refractivity contribution in [1.29, 1.82) is 0 Å². The maximum Gasteiger partial charge on any atom is 0.289 e. The number of amides is 1. The van der Waals surface area contributed by atoms with Gasteiger partial charge in [-0.2, -0.15) is 0 Å². The number of methoxy groups -OCH3 is 1. The Morgan fingerprint density at radius 1 is 1.55 bits per heavy atom. The van der Waals surface area contributed by atoms with Crippen LogP contribution in [0.4, 0.5) is 0 Å². The van der Waals surface area contributed by atoms with Crippen LogP contribution in [0.15, 0.2) is 22.8 Å². The Balaban J connectivity index is 1.78. The molecule has 6 nitrogen and oxygen atoms in total. The van der Waals surface area contributed by atoms with Crippen LogP contribution in [0, 0.1) is 5.92 Å². The average molecular weight is 299 g/mol. The molecule has 3 rings (SSSR count). The van der Waals surface area contributed by atoms with E-state index in [1.807, 2.05) is 0 Å². The zero-order valence-corrected chi connectivity index (χ0v) is 12.1. The molecule has 1 aromatic rings. The van der Waals surface area contributed by atoms with Crippen molar-refractivity contribution in [3.05, 3.63) is 24.2 Å². The maximum atomic E-state index is 12.3. The van der Waals surface area contributed by atoms with Crippen LogP contribution in [0.1, 0.15) is 17.0 Å². The van der Waals surface area contributed by atoms with Gasteiger partial charge in [-0.05, 0) is 18.6 Å². The van der Waals surface area contributed by atoms with Gasteiger partial charge < -0.3 is 14.1 Å². The monoisotopic (exact) mass is 299 g/mol. The van der Waals surface area contributed by atoms with Gasteiger partial charge in [0.05, 0.1) is 18.6 Å². The summed E-state index contributed by atoms with van der Waals surface area (Å²) in [5.41, 5.74) is 0. The summed E-state index contributed by atoms with van der Waals surface area (Å²) < 4.78 is 34.0. The molecule has 0 radical (unpaired) electrons. The number of rotatable bonds is 3. The van der Waals surface area contributed by atoms with Gasteiger partial charge in [0.1, 0.15) is 4.75 Å². The molecule has 2 aliphatic heterocycles. The number of ether oxygens (including phenoxy) is 1. The third kappa shape index (κ3) is 1.80. The van der Waals surface area contributed by atoms with Crippen LogP contribution >= 0.6 is 0 Å². The molecule has 1 spiro atoms. The highest BCUT2D eigenvalue weighted by molar-refractivity contribution is 7.93. The summed E-state index contributed by atoms with van der Waals surface area (Å²) in [4.78, 5) is 13.6. The number of likely N-dealkylation sites (tertiary alicyclic amines) is 1. The number of hydrogen-bond acceptors (Lipinski definition) is 5. The van der Waals surface area contributed by atoms with Crippen LogP contribution in [0.25, 0.3) is 0 Å². The molecule has 20 heavy (non-hydrogen) atoms. The molecule has 2 aliphatic rings. The summed E-state index contributed by atoms with van der Waals surface area (Å²) in [5, 5.41) is 0. The molecule has 1 amide bonds. The molecule has 2 fully saturated rings.